The van der Waals surface area contributed by atoms with Crippen LogP contribution in [0.2, 0.25) is 0 Å². The Hall–Kier alpha value is -0.490. The van der Waals surface area contributed by atoms with Gasteiger partial charge in [0.15, 0.2) is 0 Å². The predicted molar refractivity (Wildman–Crippen MR) is 77.4 cm³/mol. The molecule has 0 amide bonds. The summed E-state index contributed by atoms with van der Waals surface area (Å²) in [6.07, 6.45) is 3.75. The molecule has 0 aliphatic carbocycles. The number of ether oxygens (including phenoxy) is 2. The van der Waals surface area contributed by atoms with Gasteiger partial charge in [0.1, 0.15) is 10.6 Å². The molecule has 4 nitrogen and oxygen atoms in total. The molecule has 1 aromatic heterocycles. The lowest BCUT2D eigenvalue weighted by Gasteiger charge is -2.33. The van der Waals surface area contributed by atoms with Crippen molar-refractivity contribution in [2.24, 2.45) is 0 Å². The van der Waals surface area contributed by atoms with Crippen molar-refractivity contribution in [3.05, 3.63) is 16.1 Å². The lowest BCUT2D eigenvalue weighted by Crippen LogP contribution is -2.35. The van der Waals surface area contributed by atoms with Gasteiger partial charge in [-0.2, -0.15) is 0 Å². The summed E-state index contributed by atoms with van der Waals surface area (Å²) in [5.41, 5.74) is -0.106. The molecule has 108 valence electrons. The minimum absolute atomic E-state index is 0.127. The van der Waals surface area contributed by atoms with Crippen LogP contribution in [0.3, 0.4) is 0 Å². The Kier molecular flexibility index (Phi) is 4.61. The number of hydrogen-bond donors (Lipinski definition) is 1. The van der Waals surface area contributed by atoms with Crippen LogP contribution in [-0.4, -0.2) is 30.8 Å². The van der Waals surface area contributed by atoms with Gasteiger partial charge in [-0.15, -0.1) is 11.3 Å². The third-order valence-electron chi connectivity index (χ3n) is 3.43. The van der Waals surface area contributed by atoms with E-state index < -0.39 is 0 Å². The summed E-state index contributed by atoms with van der Waals surface area (Å²) in [6, 6.07) is 0. The molecule has 1 aliphatic rings. The molecule has 0 atom stereocenters. The first kappa shape index (κ1) is 14.9. The summed E-state index contributed by atoms with van der Waals surface area (Å²) in [5, 5.41) is 4.58. The topological polar surface area (TPSA) is 43.4 Å². The molecule has 0 radical (unpaired) electrons. The molecule has 2 rings (SSSR count). The third-order valence-corrected chi connectivity index (χ3v) is 4.61. The van der Waals surface area contributed by atoms with E-state index in [0.29, 0.717) is 0 Å². The van der Waals surface area contributed by atoms with Crippen LogP contribution in [0.25, 0.3) is 0 Å². The van der Waals surface area contributed by atoms with Crippen LogP contribution < -0.4 is 5.32 Å². The highest BCUT2D eigenvalue weighted by Gasteiger charge is 2.37. The van der Waals surface area contributed by atoms with Crippen molar-refractivity contribution in [1.29, 1.82) is 0 Å². The molecule has 2 heterocycles. The molecule has 1 aliphatic heterocycles. The van der Waals surface area contributed by atoms with Gasteiger partial charge < -0.3 is 14.8 Å². The number of hydrogen-bond acceptors (Lipinski definition) is 5. The Morgan fingerprint density at radius 3 is 2.68 bits per heavy atom. The summed E-state index contributed by atoms with van der Waals surface area (Å²) < 4.78 is 11.2. The molecular weight excluding hydrogens is 260 g/mol. The van der Waals surface area contributed by atoms with Crippen LogP contribution in [0.5, 0.6) is 0 Å². The number of nitrogens with one attached hydrogen (secondary N) is 1. The van der Waals surface area contributed by atoms with Crippen LogP contribution in [-0.2, 0) is 21.6 Å². The normalized spacial score (nSPS) is 19.6. The second kappa shape index (κ2) is 5.87. The highest BCUT2D eigenvalue weighted by atomic mass is 32.1. The molecule has 0 saturated carbocycles. The number of aromatic nitrogens is 1. The molecule has 1 aromatic rings. The molecule has 0 unspecified atom stereocenters. The molecule has 0 aromatic carbocycles. The largest absolute Gasteiger partial charge is 0.381 e. The highest BCUT2D eigenvalue weighted by molar-refractivity contribution is 7.11. The SMILES string of the molecule is COC1(c2ncc(CNC(C)(C)C)s2)CCOCC1. The predicted octanol–water partition coefficient (Wildman–Crippen LogP) is 2.68. The van der Waals surface area contributed by atoms with E-state index >= 15 is 0 Å². The van der Waals surface area contributed by atoms with Crippen LogP contribution in [0, 0.1) is 0 Å². The van der Waals surface area contributed by atoms with Crippen LogP contribution in [0.4, 0.5) is 0 Å². The van der Waals surface area contributed by atoms with Crippen molar-refractivity contribution in [1.82, 2.24) is 10.3 Å². The van der Waals surface area contributed by atoms with E-state index in [1.165, 1.54) is 4.88 Å². The molecule has 0 bridgehead atoms. The molecule has 19 heavy (non-hydrogen) atoms. The van der Waals surface area contributed by atoms with Gasteiger partial charge in [0.25, 0.3) is 0 Å². The zero-order valence-corrected chi connectivity index (χ0v) is 13.1. The molecule has 1 fully saturated rings. The maximum Gasteiger partial charge on any atom is 0.125 e. The highest BCUT2D eigenvalue weighted by Crippen LogP contribution is 2.37. The van der Waals surface area contributed by atoms with Crippen molar-refractivity contribution in [2.75, 3.05) is 20.3 Å². The van der Waals surface area contributed by atoms with E-state index in [0.717, 1.165) is 37.6 Å². The van der Waals surface area contributed by atoms with Gasteiger partial charge in [0.05, 0.1) is 0 Å². The van der Waals surface area contributed by atoms with Gasteiger partial charge >= 0.3 is 0 Å². The average molecular weight is 284 g/mol. The maximum atomic E-state index is 5.77. The lowest BCUT2D eigenvalue weighted by atomic mass is 9.95. The molecule has 0 spiro atoms. The van der Waals surface area contributed by atoms with Crippen molar-refractivity contribution in [3.63, 3.8) is 0 Å². The number of rotatable bonds is 4. The fourth-order valence-electron chi connectivity index (χ4n) is 2.16. The summed E-state index contributed by atoms with van der Waals surface area (Å²) >= 11 is 1.75. The van der Waals surface area contributed by atoms with E-state index in [1.807, 2.05) is 6.20 Å². The molecule has 1 saturated heterocycles. The second-order valence-electron chi connectivity index (χ2n) is 6.05. The molecule has 1 N–H and O–H groups in total. The van der Waals surface area contributed by atoms with Crippen molar-refractivity contribution < 1.29 is 9.47 Å². The quantitative estimate of drug-likeness (QED) is 0.923. The van der Waals surface area contributed by atoms with Crippen LogP contribution >= 0.6 is 11.3 Å². The van der Waals surface area contributed by atoms with Crippen LogP contribution in [0.15, 0.2) is 6.20 Å². The zero-order valence-electron chi connectivity index (χ0n) is 12.3. The van der Waals surface area contributed by atoms with E-state index in [1.54, 1.807) is 18.4 Å². The van der Waals surface area contributed by atoms with Crippen LogP contribution in [0.1, 0.15) is 43.5 Å². The zero-order chi connectivity index (χ0) is 13.9. The Morgan fingerprint density at radius 1 is 1.42 bits per heavy atom. The fraction of sp³-hybridized carbons (Fsp3) is 0.786. The number of methoxy groups -OCH3 is 1. The number of nitrogens with zero attached hydrogens (tertiary/aromatic N) is 1. The summed E-state index contributed by atoms with van der Waals surface area (Å²) in [7, 11) is 1.78. The molecule has 5 heteroatoms. The minimum atomic E-state index is -0.233. The minimum Gasteiger partial charge on any atom is -0.381 e. The Morgan fingerprint density at radius 2 is 2.11 bits per heavy atom. The fourth-order valence-corrected chi connectivity index (χ4v) is 3.24. The number of thiazole rings is 1. The van der Waals surface area contributed by atoms with Gasteiger partial charge in [-0.1, -0.05) is 0 Å². The van der Waals surface area contributed by atoms with Gasteiger partial charge in [-0.25, -0.2) is 4.98 Å². The first-order valence-corrected chi connectivity index (χ1v) is 7.60. The van der Waals surface area contributed by atoms with Crippen molar-refractivity contribution in [3.8, 4) is 0 Å². The second-order valence-corrected chi connectivity index (χ2v) is 7.16. The third kappa shape index (κ3) is 3.75. The van der Waals surface area contributed by atoms with E-state index in [-0.39, 0.29) is 11.1 Å². The monoisotopic (exact) mass is 284 g/mol. The van der Waals surface area contributed by atoms with Gasteiger partial charge in [-0.05, 0) is 20.8 Å². The van der Waals surface area contributed by atoms with E-state index in [9.17, 15) is 0 Å². The van der Waals surface area contributed by atoms with Crippen molar-refractivity contribution in [2.45, 2.75) is 51.3 Å². The summed E-state index contributed by atoms with van der Waals surface area (Å²) in [4.78, 5) is 5.84. The standard InChI is InChI=1S/C14H24N2O2S/c1-13(2,3)16-10-11-9-15-12(19-11)14(17-4)5-7-18-8-6-14/h9,16H,5-8,10H2,1-4H3. The smallest absolute Gasteiger partial charge is 0.125 e. The van der Waals surface area contributed by atoms with Gasteiger partial charge in [-0.3, -0.25) is 0 Å². The Bertz CT molecular complexity index is 406. The van der Waals surface area contributed by atoms with Gasteiger partial charge in [0.2, 0.25) is 0 Å². The lowest BCUT2D eigenvalue weighted by molar-refractivity contribution is -0.0948. The average Bonchev–Trinajstić information content (AvgIpc) is 2.86. The van der Waals surface area contributed by atoms with Gasteiger partial charge in [0, 0.05) is 56.3 Å². The summed E-state index contributed by atoms with van der Waals surface area (Å²) in [6.45, 7) is 8.88. The Labute approximate surface area is 119 Å². The van der Waals surface area contributed by atoms with E-state index in [2.05, 4.69) is 31.1 Å². The first-order valence-electron chi connectivity index (χ1n) is 6.78. The summed E-state index contributed by atoms with van der Waals surface area (Å²) in [5.74, 6) is 0. The van der Waals surface area contributed by atoms with E-state index in [4.69, 9.17) is 9.47 Å². The Balaban J connectivity index is 2.06. The van der Waals surface area contributed by atoms with Crippen molar-refractivity contribution >= 4 is 11.3 Å². The maximum absolute atomic E-state index is 5.77. The first-order chi connectivity index (χ1) is 8.95. The molecular formula is C14H24N2O2S.